The molecule has 1 unspecified atom stereocenters. The fourth-order valence-electron chi connectivity index (χ4n) is 2.17. The first-order chi connectivity index (χ1) is 8.79. The smallest absolute Gasteiger partial charge is 0.134 e. The quantitative estimate of drug-likeness (QED) is 0.870. The molecule has 1 aromatic rings. The number of hydrogen-bond acceptors (Lipinski definition) is 5. The van der Waals surface area contributed by atoms with Crippen molar-refractivity contribution in [3.05, 3.63) is 10.0 Å². The topological polar surface area (TPSA) is 37.8 Å². The summed E-state index contributed by atoms with van der Waals surface area (Å²) in [6, 6.07) is 0.345. The van der Waals surface area contributed by atoms with Crippen LogP contribution in [0.4, 0.5) is 0 Å². The van der Waals surface area contributed by atoms with Crippen molar-refractivity contribution in [3.8, 4) is 0 Å². The molecule has 0 radical (unpaired) electrons. The molecule has 1 aromatic heterocycles. The second-order valence-electron chi connectivity index (χ2n) is 4.97. The summed E-state index contributed by atoms with van der Waals surface area (Å²) in [6.07, 6.45) is 5.00. The molecule has 2 rings (SSSR count). The van der Waals surface area contributed by atoms with Crippen molar-refractivity contribution in [2.45, 2.75) is 45.6 Å². The van der Waals surface area contributed by atoms with Gasteiger partial charge in [-0.15, -0.1) is 10.2 Å². The van der Waals surface area contributed by atoms with Crippen molar-refractivity contribution in [2.75, 3.05) is 18.1 Å². The summed E-state index contributed by atoms with van der Waals surface area (Å²) in [7, 11) is 0. The van der Waals surface area contributed by atoms with Gasteiger partial charge in [0.15, 0.2) is 0 Å². The van der Waals surface area contributed by atoms with E-state index in [9.17, 15) is 0 Å². The van der Waals surface area contributed by atoms with Gasteiger partial charge in [0.1, 0.15) is 10.0 Å². The largest absolute Gasteiger partial charge is 0.308 e. The molecule has 3 nitrogen and oxygen atoms in total. The highest BCUT2D eigenvalue weighted by Crippen LogP contribution is 2.27. The Morgan fingerprint density at radius 3 is 2.83 bits per heavy atom. The molecule has 0 aliphatic carbocycles. The minimum absolute atomic E-state index is 0.345. The molecule has 5 heteroatoms. The predicted octanol–water partition coefficient (Wildman–Crippen LogP) is 3.28. The third-order valence-corrected chi connectivity index (χ3v) is 5.53. The Kier molecular flexibility index (Phi) is 5.92. The lowest BCUT2D eigenvalue weighted by molar-refractivity contribution is 0.485. The Morgan fingerprint density at radius 2 is 2.11 bits per heavy atom. The van der Waals surface area contributed by atoms with Crippen LogP contribution in [-0.2, 0) is 6.42 Å². The van der Waals surface area contributed by atoms with Crippen LogP contribution in [0, 0.1) is 5.92 Å². The van der Waals surface area contributed by atoms with E-state index < -0.39 is 0 Å². The number of nitrogens with one attached hydrogen (secondary N) is 1. The van der Waals surface area contributed by atoms with E-state index in [2.05, 4.69) is 41.1 Å². The van der Waals surface area contributed by atoms with E-state index in [0.717, 1.165) is 30.3 Å². The van der Waals surface area contributed by atoms with Crippen LogP contribution in [0.1, 0.15) is 49.2 Å². The molecule has 1 fully saturated rings. The van der Waals surface area contributed by atoms with Crippen LogP contribution >= 0.6 is 23.1 Å². The van der Waals surface area contributed by atoms with Gasteiger partial charge in [0.05, 0.1) is 6.04 Å². The molecule has 102 valence electrons. The number of nitrogens with zero attached hydrogens (tertiary/aromatic N) is 2. The lowest BCUT2D eigenvalue weighted by atomic mass is 9.99. The molecule has 1 saturated heterocycles. The highest BCUT2D eigenvalue weighted by atomic mass is 32.2. The monoisotopic (exact) mass is 285 g/mol. The number of aromatic nitrogens is 2. The van der Waals surface area contributed by atoms with E-state index in [0.29, 0.717) is 6.04 Å². The average Bonchev–Trinajstić information content (AvgIpc) is 2.86. The van der Waals surface area contributed by atoms with E-state index in [1.807, 2.05) is 0 Å². The molecule has 1 atom stereocenters. The van der Waals surface area contributed by atoms with Crippen molar-refractivity contribution in [1.82, 2.24) is 15.5 Å². The molecule has 0 saturated carbocycles. The van der Waals surface area contributed by atoms with Crippen molar-refractivity contribution in [1.29, 1.82) is 0 Å². The van der Waals surface area contributed by atoms with Gasteiger partial charge in [-0.25, -0.2) is 0 Å². The summed E-state index contributed by atoms with van der Waals surface area (Å²) in [5.74, 6) is 3.49. The maximum absolute atomic E-state index is 4.36. The van der Waals surface area contributed by atoms with Crippen LogP contribution in [0.15, 0.2) is 0 Å². The second kappa shape index (κ2) is 7.46. The third kappa shape index (κ3) is 4.21. The molecule has 0 spiro atoms. The molecular weight excluding hydrogens is 262 g/mol. The lowest BCUT2D eigenvalue weighted by Gasteiger charge is -2.19. The van der Waals surface area contributed by atoms with Crippen molar-refractivity contribution in [3.63, 3.8) is 0 Å². The summed E-state index contributed by atoms with van der Waals surface area (Å²) in [5.41, 5.74) is 0. The van der Waals surface area contributed by atoms with Gasteiger partial charge in [-0.3, -0.25) is 0 Å². The maximum atomic E-state index is 4.36. The van der Waals surface area contributed by atoms with Crippen LogP contribution in [0.25, 0.3) is 0 Å². The van der Waals surface area contributed by atoms with Crippen LogP contribution in [0.2, 0.25) is 0 Å². The summed E-state index contributed by atoms with van der Waals surface area (Å²) in [5, 5.41) is 14.5. The fraction of sp³-hybridized carbons (Fsp3) is 0.846. The van der Waals surface area contributed by atoms with E-state index >= 15 is 0 Å². The Balaban J connectivity index is 1.84. The molecule has 0 bridgehead atoms. The molecule has 1 aliphatic heterocycles. The first-order valence-electron chi connectivity index (χ1n) is 6.93. The van der Waals surface area contributed by atoms with Crippen LogP contribution in [0.5, 0.6) is 0 Å². The molecule has 18 heavy (non-hydrogen) atoms. The molecular formula is C13H23N3S2. The third-order valence-electron chi connectivity index (χ3n) is 3.36. The lowest BCUT2D eigenvalue weighted by Crippen LogP contribution is -2.19. The molecule has 1 aliphatic rings. The first-order valence-corrected chi connectivity index (χ1v) is 8.90. The predicted molar refractivity (Wildman–Crippen MR) is 80.4 cm³/mol. The van der Waals surface area contributed by atoms with Gasteiger partial charge in [0.25, 0.3) is 0 Å². The Morgan fingerprint density at radius 1 is 1.33 bits per heavy atom. The first kappa shape index (κ1) is 14.3. The summed E-state index contributed by atoms with van der Waals surface area (Å²) in [6.45, 7) is 5.42. The summed E-state index contributed by atoms with van der Waals surface area (Å²) >= 11 is 3.88. The van der Waals surface area contributed by atoms with Gasteiger partial charge < -0.3 is 5.32 Å². The van der Waals surface area contributed by atoms with E-state index in [1.165, 1.54) is 29.4 Å². The van der Waals surface area contributed by atoms with Crippen LogP contribution in [0.3, 0.4) is 0 Å². The van der Waals surface area contributed by atoms with E-state index in [-0.39, 0.29) is 0 Å². The van der Waals surface area contributed by atoms with Crippen molar-refractivity contribution < 1.29 is 0 Å². The number of thioether (sulfide) groups is 1. The zero-order chi connectivity index (χ0) is 12.8. The average molecular weight is 285 g/mol. The SMILES string of the molecule is CCCNC(C)c1nnc(CC2CCSCC2)s1. The Bertz CT molecular complexity index is 348. The molecule has 2 heterocycles. The van der Waals surface area contributed by atoms with Gasteiger partial charge in [-0.05, 0) is 50.2 Å². The van der Waals surface area contributed by atoms with Gasteiger partial charge in [0, 0.05) is 6.42 Å². The van der Waals surface area contributed by atoms with Gasteiger partial charge in [-0.2, -0.15) is 11.8 Å². The van der Waals surface area contributed by atoms with Gasteiger partial charge in [-0.1, -0.05) is 18.3 Å². The highest BCUT2D eigenvalue weighted by Gasteiger charge is 2.17. The maximum Gasteiger partial charge on any atom is 0.134 e. The molecule has 1 N–H and O–H groups in total. The zero-order valence-corrected chi connectivity index (χ0v) is 12.9. The van der Waals surface area contributed by atoms with Crippen LogP contribution < -0.4 is 5.32 Å². The van der Waals surface area contributed by atoms with Gasteiger partial charge in [0.2, 0.25) is 0 Å². The molecule has 0 amide bonds. The van der Waals surface area contributed by atoms with Crippen molar-refractivity contribution in [2.24, 2.45) is 5.92 Å². The van der Waals surface area contributed by atoms with Crippen molar-refractivity contribution >= 4 is 23.1 Å². The standard InChI is InChI=1S/C13H23N3S2/c1-3-6-14-10(2)13-16-15-12(18-13)9-11-4-7-17-8-5-11/h10-11,14H,3-9H2,1-2H3. The minimum atomic E-state index is 0.345. The normalized spacial score (nSPS) is 19.0. The van der Waals surface area contributed by atoms with E-state index in [4.69, 9.17) is 0 Å². The number of rotatable bonds is 6. The molecule has 0 aromatic carbocycles. The number of hydrogen-bond donors (Lipinski definition) is 1. The minimum Gasteiger partial charge on any atom is -0.308 e. The fourth-order valence-corrected chi connectivity index (χ4v) is 4.36. The Labute approximate surface area is 118 Å². The van der Waals surface area contributed by atoms with E-state index in [1.54, 1.807) is 11.3 Å². The summed E-state index contributed by atoms with van der Waals surface area (Å²) in [4.78, 5) is 0. The summed E-state index contributed by atoms with van der Waals surface area (Å²) < 4.78 is 0. The highest BCUT2D eigenvalue weighted by molar-refractivity contribution is 7.99. The zero-order valence-electron chi connectivity index (χ0n) is 11.3. The van der Waals surface area contributed by atoms with Crippen LogP contribution in [-0.4, -0.2) is 28.2 Å². The Hall–Kier alpha value is -0.130. The van der Waals surface area contributed by atoms with Gasteiger partial charge >= 0.3 is 0 Å². The second-order valence-corrected chi connectivity index (χ2v) is 7.29.